The Kier molecular flexibility index (Phi) is 7.59. The highest BCUT2D eigenvalue weighted by Crippen LogP contribution is 2.23. The molecule has 1 unspecified atom stereocenters. The lowest BCUT2D eigenvalue weighted by Crippen LogP contribution is -2.47. The minimum absolute atomic E-state index is 0.0379. The van der Waals surface area contributed by atoms with Crippen LogP contribution in [0.1, 0.15) is 29.6 Å². The number of rotatable bonds is 7. The number of nitrogens with one attached hydrogen (secondary N) is 2. The summed E-state index contributed by atoms with van der Waals surface area (Å²) >= 11 is 0. The number of likely N-dealkylation sites (N-methyl/N-ethyl adjacent to an activating group) is 1. The Balaban J connectivity index is 1.88. The average Bonchev–Trinajstić information content (AvgIpc) is 2.67. The van der Waals surface area contributed by atoms with Crippen LogP contribution in [0.25, 0.3) is 0 Å². The zero-order valence-electron chi connectivity index (χ0n) is 15.4. The van der Waals surface area contributed by atoms with E-state index in [4.69, 9.17) is 4.74 Å². The zero-order chi connectivity index (χ0) is 18.9. The van der Waals surface area contributed by atoms with Crippen molar-refractivity contribution in [1.82, 2.24) is 15.5 Å². The number of ether oxygens (including phenoxy) is 1. The van der Waals surface area contributed by atoms with Crippen molar-refractivity contribution in [2.24, 2.45) is 5.92 Å². The molecule has 1 heterocycles. The molecule has 7 nitrogen and oxygen atoms in total. The fraction of sp³-hybridized carbons (Fsp3) is 0.526. The van der Waals surface area contributed by atoms with Crippen molar-refractivity contribution in [3.8, 4) is 0 Å². The number of esters is 1. The summed E-state index contributed by atoms with van der Waals surface area (Å²) in [6.45, 7) is 1.45. The maximum atomic E-state index is 12.5. The average molecular weight is 361 g/mol. The van der Waals surface area contributed by atoms with Gasteiger partial charge in [0.2, 0.25) is 5.91 Å². The minimum Gasteiger partial charge on any atom is -0.467 e. The van der Waals surface area contributed by atoms with Crippen LogP contribution in [0.2, 0.25) is 0 Å². The van der Waals surface area contributed by atoms with E-state index in [-0.39, 0.29) is 24.3 Å². The summed E-state index contributed by atoms with van der Waals surface area (Å²) in [5, 5.41) is 5.48. The number of likely N-dealkylation sites (tertiary alicyclic amines) is 1. The molecule has 1 aliphatic heterocycles. The minimum atomic E-state index is -0.651. The van der Waals surface area contributed by atoms with E-state index in [1.807, 2.05) is 35.2 Å². The number of benzene rings is 1. The Morgan fingerprint density at radius 1 is 1.19 bits per heavy atom. The molecule has 2 N–H and O–H groups in total. The van der Waals surface area contributed by atoms with Gasteiger partial charge in [-0.1, -0.05) is 18.2 Å². The third kappa shape index (κ3) is 5.56. The number of carbonyl (C=O) groups excluding carboxylic acids is 3. The number of piperidine rings is 1. The molecule has 1 fully saturated rings. The van der Waals surface area contributed by atoms with E-state index in [0.717, 1.165) is 12.8 Å². The van der Waals surface area contributed by atoms with Crippen LogP contribution in [-0.2, 0) is 14.3 Å². The summed E-state index contributed by atoms with van der Waals surface area (Å²) in [7, 11) is 2.99. The van der Waals surface area contributed by atoms with E-state index in [1.54, 1.807) is 7.05 Å². The lowest BCUT2D eigenvalue weighted by atomic mass is 9.89. The van der Waals surface area contributed by atoms with Crippen LogP contribution in [-0.4, -0.2) is 62.5 Å². The molecule has 0 bridgehead atoms. The maximum absolute atomic E-state index is 12.5. The van der Waals surface area contributed by atoms with Gasteiger partial charge in [-0.15, -0.1) is 0 Å². The fourth-order valence-electron chi connectivity index (χ4n) is 3.23. The molecule has 0 aromatic heterocycles. The number of amides is 2. The molecule has 142 valence electrons. The highest BCUT2D eigenvalue weighted by Gasteiger charge is 2.29. The first kappa shape index (κ1) is 19.9. The largest absolute Gasteiger partial charge is 0.467 e. The molecular formula is C19H27N3O4. The van der Waals surface area contributed by atoms with Crippen LogP contribution in [0.3, 0.4) is 0 Å². The smallest absolute Gasteiger partial charge is 0.328 e. The van der Waals surface area contributed by atoms with Gasteiger partial charge in [-0.2, -0.15) is 0 Å². The van der Waals surface area contributed by atoms with Crippen LogP contribution in [0, 0.1) is 5.92 Å². The van der Waals surface area contributed by atoms with Crippen molar-refractivity contribution in [2.75, 3.05) is 33.8 Å². The van der Waals surface area contributed by atoms with Crippen molar-refractivity contribution in [3.05, 3.63) is 35.9 Å². The number of hydrogen-bond acceptors (Lipinski definition) is 5. The molecule has 1 aromatic carbocycles. The SMILES string of the molecule is CNCC(=O)NC(CC1CCN(C(=O)c2ccccc2)CC1)C(=O)OC. The van der Waals surface area contributed by atoms with E-state index in [1.165, 1.54) is 7.11 Å². The predicted molar refractivity (Wildman–Crippen MR) is 97.6 cm³/mol. The van der Waals surface area contributed by atoms with Crippen molar-refractivity contribution in [1.29, 1.82) is 0 Å². The molecule has 1 saturated heterocycles. The van der Waals surface area contributed by atoms with Crippen LogP contribution >= 0.6 is 0 Å². The molecule has 0 radical (unpaired) electrons. The topological polar surface area (TPSA) is 87.7 Å². The molecular weight excluding hydrogens is 334 g/mol. The van der Waals surface area contributed by atoms with Gasteiger partial charge < -0.3 is 20.3 Å². The molecule has 0 saturated carbocycles. The first-order valence-electron chi connectivity index (χ1n) is 8.91. The molecule has 0 spiro atoms. The van der Waals surface area contributed by atoms with Gasteiger partial charge in [0.15, 0.2) is 0 Å². The molecule has 26 heavy (non-hydrogen) atoms. The maximum Gasteiger partial charge on any atom is 0.328 e. The van der Waals surface area contributed by atoms with Gasteiger partial charge in [0.05, 0.1) is 13.7 Å². The summed E-state index contributed by atoms with van der Waals surface area (Å²) in [5.74, 6) is -0.374. The number of carbonyl (C=O) groups is 3. The number of methoxy groups -OCH3 is 1. The van der Waals surface area contributed by atoms with Gasteiger partial charge in [-0.25, -0.2) is 4.79 Å². The van der Waals surface area contributed by atoms with E-state index < -0.39 is 12.0 Å². The van der Waals surface area contributed by atoms with Gasteiger partial charge in [0.25, 0.3) is 5.91 Å². The van der Waals surface area contributed by atoms with Crippen molar-refractivity contribution < 1.29 is 19.1 Å². The molecule has 1 aliphatic rings. The first-order chi connectivity index (χ1) is 12.5. The Bertz CT molecular complexity index is 612. The Morgan fingerprint density at radius 3 is 2.42 bits per heavy atom. The molecule has 2 rings (SSSR count). The van der Waals surface area contributed by atoms with Gasteiger partial charge in [-0.3, -0.25) is 9.59 Å². The normalized spacial score (nSPS) is 16.0. The quantitative estimate of drug-likeness (QED) is 0.702. The fourth-order valence-corrected chi connectivity index (χ4v) is 3.23. The van der Waals surface area contributed by atoms with Gasteiger partial charge in [0.1, 0.15) is 6.04 Å². The first-order valence-corrected chi connectivity index (χ1v) is 8.91. The summed E-state index contributed by atoms with van der Waals surface area (Å²) in [5.41, 5.74) is 0.692. The molecule has 1 aromatic rings. The van der Waals surface area contributed by atoms with Gasteiger partial charge >= 0.3 is 5.97 Å². The van der Waals surface area contributed by atoms with Crippen LogP contribution in [0.5, 0.6) is 0 Å². The third-order valence-corrected chi connectivity index (χ3v) is 4.65. The van der Waals surface area contributed by atoms with Crippen LogP contribution in [0.15, 0.2) is 30.3 Å². The Hall–Kier alpha value is -2.41. The van der Waals surface area contributed by atoms with Crippen LogP contribution in [0.4, 0.5) is 0 Å². The number of nitrogens with zero attached hydrogens (tertiary/aromatic N) is 1. The summed E-state index contributed by atoms with van der Waals surface area (Å²) in [4.78, 5) is 38.1. The Morgan fingerprint density at radius 2 is 1.85 bits per heavy atom. The second-order valence-electron chi connectivity index (χ2n) is 6.51. The van der Waals surface area contributed by atoms with Crippen LogP contribution < -0.4 is 10.6 Å². The second-order valence-corrected chi connectivity index (χ2v) is 6.51. The van der Waals surface area contributed by atoms with E-state index >= 15 is 0 Å². The van der Waals surface area contributed by atoms with E-state index in [0.29, 0.717) is 25.1 Å². The summed E-state index contributed by atoms with van der Waals surface area (Å²) < 4.78 is 4.81. The summed E-state index contributed by atoms with van der Waals surface area (Å²) in [6, 6.07) is 8.59. The van der Waals surface area contributed by atoms with E-state index in [2.05, 4.69) is 10.6 Å². The standard InChI is InChI=1S/C19H27N3O4/c1-20-13-17(23)21-16(19(25)26-2)12-14-8-10-22(11-9-14)18(24)15-6-4-3-5-7-15/h3-7,14,16,20H,8-13H2,1-2H3,(H,21,23). The zero-order valence-corrected chi connectivity index (χ0v) is 15.4. The second kappa shape index (κ2) is 9.91. The monoisotopic (exact) mass is 361 g/mol. The van der Waals surface area contributed by atoms with Gasteiger partial charge in [0, 0.05) is 18.7 Å². The van der Waals surface area contributed by atoms with Crippen molar-refractivity contribution in [3.63, 3.8) is 0 Å². The van der Waals surface area contributed by atoms with Crippen molar-refractivity contribution >= 4 is 17.8 Å². The molecule has 1 atom stereocenters. The molecule has 7 heteroatoms. The summed E-state index contributed by atoms with van der Waals surface area (Å²) in [6.07, 6.45) is 2.12. The highest BCUT2D eigenvalue weighted by atomic mass is 16.5. The highest BCUT2D eigenvalue weighted by molar-refractivity contribution is 5.94. The van der Waals surface area contributed by atoms with E-state index in [9.17, 15) is 14.4 Å². The third-order valence-electron chi connectivity index (χ3n) is 4.65. The Labute approximate surface area is 154 Å². The molecule has 0 aliphatic carbocycles. The van der Waals surface area contributed by atoms with Crippen molar-refractivity contribution in [2.45, 2.75) is 25.3 Å². The van der Waals surface area contributed by atoms with Gasteiger partial charge in [-0.05, 0) is 44.4 Å². The molecule has 2 amide bonds. The lowest BCUT2D eigenvalue weighted by Gasteiger charge is -2.33. The lowest BCUT2D eigenvalue weighted by molar-refractivity contribution is -0.145. The number of hydrogen-bond donors (Lipinski definition) is 2. The predicted octanol–water partition coefficient (Wildman–Crippen LogP) is 0.806.